The van der Waals surface area contributed by atoms with E-state index < -0.39 is 24.1 Å². The lowest BCUT2D eigenvalue weighted by atomic mass is 9.86. The SMILES string of the molecule is C=C1/C(=C\C[P+](O)(c2ccccc2)c2ccccc2)C[C@H](O[Si](C)(C)C(C)(C)C)C[C@@H]1O[Si](C)(C)C(C)(C)C. The number of rotatable bonds is 8. The Labute approximate surface area is 241 Å². The van der Waals surface area contributed by atoms with Crippen LogP contribution in [0.15, 0.2) is 84.5 Å². The Morgan fingerprint density at radius 3 is 1.69 bits per heavy atom. The van der Waals surface area contributed by atoms with Crippen molar-refractivity contribution in [1.82, 2.24) is 0 Å². The molecule has 0 unspecified atom stereocenters. The third-order valence-corrected chi connectivity index (χ3v) is 21.2. The smallest absolute Gasteiger partial charge is 0.210 e. The van der Waals surface area contributed by atoms with Crippen LogP contribution < -0.4 is 10.6 Å². The van der Waals surface area contributed by atoms with Gasteiger partial charge in [0.25, 0.3) is 0 Å². The van der Waals surface area contributed by atoms with Gasteiger partial charge in [-0.2, -0.15) is 0 Å². The van der Waals surface area contributed by atoms with Gasteiger partial charge in [0.05, 0.1) is 12.2 Å². The lowest BCUT2D eigenvalue weighted by Crippen LogP contribution is -2.49. The summed E-state index contributed by atoms with van der Waals surface area (Å²) in [7, 11) is -6.63. The average Bonchev–Trinajstić information content (AvgIpc) is 2.84. The molecule has 0 aromatic heterocycles. The molecule has 0 spiro atoms. The molecule has 1 saturated carbocycles. The second-order valence-corrected chi connectivity index (χ2v) is 26.6. The van der Waals surface area contributed by atoms with Gasteiger partial charge in [0, 0.05) is 6.42 Å². The first-order valence-corrected chi connectivity index (χ1v) is 22.1. The van der Waals surface area contributed by atoms with Crippen LogP contribution in [0.5, 0.6) is 0 Å². The Morgan fingerprint density at radius 1 is 0.821 bits per heavy atom. The summed E-state index contributed by atoms with van der Waals surface area (Å²) in [4.78, 5) is 12.3. The van der Waals surface area contributed by atoms with Gasteiger partial charge in [-0.1, -0.05) is 84.5 Å². The molecule has 6 heteroatoms. The molecule has 0 bridgehead atoms. The number of benzene rings is 2. The fraction of sp³-hybridized carbons (Fsp3) is 0.515. The van der Waals surface area contributed by atoms with Crippen molar-refractivity contribution in [1.29, 1.82) is 0 Å². The van der Waals surface area contributed by atoms with E-state index in [1.165, 1.54) is 5.57 Å². The van der Waals surface area contributed by atoms with E-state index in [0.717, 1.165) is 29.0 Å². The van der Waals surface area contributed by atoms with Gasteiger partial charge in [-0.05, 0) is 84.2 Å². The summed E-state index contributed by atoms with van der Waals surface area (Å²) in [6.45, 7) is 27.6. The van der Waals surface area contributed by atoms with Gasteiger partial charge in [-0.3, -0.25) is 0 Å². The van der Waals surface area contributed by atoms with Crippen LogP contribution in [0, 0.1) is 0 Å². The molecular formula is C33H52O3PSi2+. The molecule has 0 aliphatic heterocycles. The van der Waals surface area contributed by atoms with Crippen LogP contribution in [0.2, 0.25) is 36.3 Å². The van der Waals surface area contributed by atoms with E-state index >= 15 is 0 Å². The molecule has 1 aliphatic carbocycles. The normalized spacial score (nSPS) is 20.9. The summed E-state index contributed by atoms with van der Waals surface area (Å²) < 4.78 is 14.0. The van der Waals surface area contributed by atoms with E-state index in [4.69, 9.17) is 8.85 Å². The zero-order valence-corrected chi connectivity index (χ0v) is 28.9. The maximum absolute atomic E-state index is 12.3. The van der Waals surface area contributed by atoms with E-state index in [-0.39, 0.29) is 22.3 Å². The second-order valence-electron chi connectivity index (χ2n) is 14.2. The molecule has 3 nitrogen and oxygen atoms in total. The van der Waals surface area contributed by atoms with Crippen molar-refractivity contribution in [3.05, 3.63) is 84.5 Å². The van der Waals surface area contributed by atoms with Crippen molar-refractivity contribution in [3.8, 4) is 0 Å². The fourth-order valence-electron chi connectivity index (χ4n) is 4.55. The maximum Gasteiger partial charge on any atom is 0.210 e. The van der Waals surface area contributed by atoms with Crippen molar-refractivity contribution in [2.75, 3.05) is 6.16 Å². The molecule has 1 fully saturated rings. The molecule has 0 saturated heterocycles. The molecule has 214 valence electrons. The Balaban J connectivity index is 2.01. The highest BCUT2D eigenvalue weighted by molar-refractivity contribution is 7.84. The van der Waals surface area contributed by atoms with Gasteiger partial charge < -0.3 is 8.85 Å². The maximum atomic E-state index is 12.3. The molecule has 0 radical (unpaired) electrons. The first kappa shape index (κ1) is 32.2. The van der Waals surface area contributed by atoms with Gasteiger partial charge in [-0.25, -0.2) is 4.89 Å². The minimum atomic E-state index is -2.62. The quantitative estimate of drug-likeness (QED) is 0.250. The number of allylic oxidation sites excluding steroid dienone is 1. The van der Waals surface area contributed by atoms with Gasteiger partial charge in [0.15, 0.2) is 16.6 Å². The van der Waals surface area contributed by atoms with Crippen LogP contribution in [0.3, 0.4) is 0 Å². The lowest BCUT2D eigenvalue weighted by Gasteiger charge is -2.45. The molecule has 3 rings (SSSR count). The molecule has 2 aromatic carbocycles. The van der Waals surface area contributed by atoms with Crippen molar-refractivity contribution < 1.29 is 13.7 Å². The van der Waals surface area contributed by atoms with Crippen LogP contribution >= 0.6 is 7.49 Å². The van der Waals surface area contributed by atoms with Crippen LogP contribution in [0.1, 0.15) is 54.4 Å². The summed E-state index contributed by atoms with van der Waals surface area (Å²) in [5, 5.41) is 2.24. The molecule has 39 heavy (non-hydrogen) atoms. The van der Waals surface area contributed by atoms with Crippen LogP contribution in [0.4, 0.5) is 0 Å². The predicted octanol–water partition coefficient (Wildman–Crippen LogP) is 8.62. The first-order chi connectivity index (χ1) is 17.9. The van der Waals surface area contributed by atoms with Gasteiger partial charge in [0.1, 0.15) is 16.8 Å². The van der Waals surface area contributed by atoms with E-state index in [2.05, 4.69) is 105 Å². The minimum Gasteiger partial charge on any atom is -0.413 e. The highest BCUT2D eigenvalue weighted by Crippen LogP contribution is 2.53. The average molecular weight is 584 g/mol. The van der Waals surface area contributed by atoms with Gasteiger partial charge >= 0.3 is 0 Å². The molecular weight excluding hydrogens is 532 g/mol. The van der Waals surface area contributed by atoms with Crippen molar-refractivity contribution >= 4 is 34.7 Å². The highest BCUT2D eigenvalue weighted by atomic mass is 31.2. The molecule has 0 heterocycles. The van der Waals surface area contributed by atoms with E-state index in [1.54, 1.807) is 0 Å². The number of hydrogen-bond donors (Lipinski definition) is 1. The van der Waals surface area contributed by atoms with Crippen LogP contribution in [-0.2, 0) is 8.85 Å². The van der Waals surface area contributed by atoms with E-state index in [9.17, 15) is 4.89 Å². The standard InChI is InChI=1S/C33H52O3PSi2/c1-26-27(22-23-37(34,29-18-14-12-15-19-29)30-20-16-13-17-21-30)24-28(35-38(8,9)32(2,3)4)25-31(26)36-39(10,11)33(5,6)7/h12-22,28,31,34H,1,23-25H2,2-11H3/q+1/b27-22-/t28-,31-/m0/s1. The Hall–Kier alpha value is -1.34. The Morgan fingerprint density at radius 2 is 1.26 bits per heavy atom. The van der Waals surface area contributed by atoms with Gasteiger partial charge in [-0.15, -0.1) is 0 Å². The Bertz CT molecular complexity index is 1110. The summed E-state index contributed by atoms with van der Waals surface area (Å²) in [5.41, 5.74) is 2.24. The molecule has 1 N–H and O–H groups in total. The lowest BCUT2D eigenvalue weighted by molar-refractivity contribution is 0.0969. The van der Waals surface area contributed by atoms with Gasteiger partial charge in [0.2, 0.25) is 7.49 Å². The predicted molar refractivity (Wildman–Crippen MR) is 177 cm³/mol. The molecule has 1 aliphatic rings. The van der Waals surface area contributed by atoms with Crippen molar-refractivity contribution in [3.63, 3.8) is 0 Å². The summed E-state index contributed by atoms with van der Waals surface area (Å²) in [6.07, 6.45) is 4.48. The third kappa shape index (κ3) is 7.50. The summed E-state index contributed by atoms with van der Waals surface area (Å²) in [6, 6.07) is 20.3. The van der Waals surface area contributed by atoms with Crippen molar-refractivity contribution in [2.45, 2.75) is 103 Å². The first-order valence-electron chi connectivity index (χ1n) is 14.3. The summed E-state index contributed by atoms with van der Waals surface area (Å²) >= 11 is 0. The van der Waals surface area contributed by atoms with Crippen LogP contribution in [0.25, 0.3) is 0 Å². The molecule has 2 atom stereocenters. The molecule has 0 amide bonds. The van der Waals surface area contributed by atoms with Crippen molar-refractivity contribution in [2.24, 2.45) is 0 Å². The molecule has 2 aromatic rings. The van der Waals surface area contributed by atoms with E-state index in [1.807, 2.05) is 36.4 Å². The summed E-state index contributed by atoms with van der Waals surface area (Å²) in [5.74, 6) is 0. The zero-order chi connectivity index (χ0) is 29.3. The van der Waals surface area contributed by atoms with Crippen LogP contribution in [-0.4, -0.2) is 39.9 Å². The topological polar surface area (TPSA) is 38.7 Å². The fourth-order valence-corrected chi connectivity index (χ4v) is 9.75. The largest absolute Gasteiger partial charge is 0.413 e. The van der Waals surface area contributed by atoms with E-state index in [0.29, 0.717) is 6.16 Å². The zero-order valence-electron chi connectivity index (χ0n) is 26.0. The highest BCUT2D eigenvalue weighted by Gasteiger charge is 2.45. The monoisotopic (exact) mass is 583 g/mol. The third-order valence-electron chi connectivity index (χ3n) is 9.20. The Kier molecular flexibility index (Phi) is 9.80. The second kappa shape index (κ2) is 11.9. The minimum absolute atomic E-state index is 0.0689. The number of hydrogen-bond acceptors (Lipinski definition) is 3.